The van der Waals surface area contributed by atoms with E-state index in [9.17, 15) is 19.7 Å². The molecular weight excluding hydrogens is 362 g/mol. The number of nitro groups is 1. The number of anilines is 1. The molecule has 2 amide bonds. The monoisotopic (exact) mass is 371 g/mol. The SMILES string of the molecule is O=C1[C@@H]2C(c3cccc([N+](=O)[O-])c3)=NO[C@@H]2C(=O)N1c1ccc(Cl)cc1. The van der Waals surface area contributed by atoms with Crippen molar-refractivity contribution < 1.29 is 19.3 Å². The van der Waals surface area contributed by atoms with E-state index in [1.165, 1.54) is 18.2 Å². The van der Waals surface area contributed by atoms with Gasteiger partial charge in [-0.05, 0) is 24.3 Å². The number of imide groups is 1. The number of carbonyl (C=O) groups is 2. The van der Waals surface area contributed by atoms with Crippen molar-refractivity contribution in [3.8, 4) is 0 Å². The van der Waals surface area contributed by atoms with Crippen LogP contribution < -0.4 is 4.90 Å². The lowest BCUT2D eigenvalue weighted by Crippen LogP contribution is -2.33. The van der Waals surface area contributed by atoms with Crippen molar-refractivity contribution in [1.29, 1.82) is 0 Å². The molecule has 9 heteroatoms. The highest BCUT2D eigenvalue weighted by Gasteiger charge is 2.56. The van der Waals surface area contributed by atoms with Crippen LogP contribution in [0.15, 0.2) is 53.7 Å². The Hall–Kier alpha value is -3.26. The van der Waals surface area contributed by atoms with Gasteiger partial charge in [0.15, 0.2) is 0 Å². The average Bonchev–Trinajstić information content (AvgIpc) is 3.17. The second-order valence-electron chi connectivity index (χ2n) is 5.78. The molecule has 2 aromatic rings. The number of amides is 2. The summed E-state index contributed by atoms with van der Waals surface area (Å²) >= 11 is 5.84. The van der Waals surface area contributed by atoms with Gasteiger partial charge in [-0.2, -0.15) is 0 Å². The van der Waals surface area contributed by atoms with Gasteiger partial charge in [0, 0.05) is 22.7 Å². The number of hydrogen-bond acceptors (Lipinski definition) is 6. The molecule has 0 aliphatic carbocycles. The largest absolute Gasteiger partial charge is 0.381 e. The Morgan fingerprint density at radius 2 is 1.85 bits per heavy atom. The van der Waals surface area contributed by atoms with Gasteiger partial charge in [-0.15, -0.1) is 0 Å². The van der Waals surface area contributed by atoms with E-state index in [2.05, 4.69) is 5.16 Å². The van der Waals surface area contributed by atoms with Crippen LogP contribution in [0, 0.1) is 16.0 Å². The van der Waals surface area contributed by atoms with Crippen LogP contribution >= 0.6 is 11.6 Å². The van der Waals surface area contributed by atoms with Gasteiger partial charge in [-0.25, -0.2) is 4.90 Å². The number of carbonyl (C=O) groups excluding carboxylic acids is 2. The number of benzene rings is 2. The molecule has 1 fully saturated rings. The molecule has 2 aliphatic rings. The third-order valence-electron chi connectivity index (χ3n) is 4.25. The smallest absolute Gasteiger partial charge is 0.278 e. The van der Waals surface area contributed by atoms with Gasteiger partial charge in [0.05, 0.1) is 10.6 Å². The summed E-state index contributed by atoms with van der Waals surface area (Å²) in [5, 5.41) is 15.3. The number of halogens is 1. The summed E-state index contributed by atoms with van der Waals surface area (Å²) < 4.78 is 0. The van der Waals surface area contributed by atoms with E-state index in [1.807, 2.05) is 0 Å². The maximum absolute atomic E-state index is 12.9. The van der Waals surface area contributed by atoms with Crippen LogP contribution in [0.2, 0.25) is 5.02 Å². The third-order valence-corrected chi connectivity index (χ3v) is 4.50. The Morgan fingerprint density at radius 3 is 2.54 bits per heavy atom. The molecule has 1 saturated heterocycles. The lowest BCUT2D eigenvalue weighted by atomic mass is 9.94. The number of non-ortho nitro benzene ring substituents is 1. The second-order valence-corrected chi connectivity index (χ2v) is 6.21. The molecule has 26 heavy (non-hydrogen) atoms. The third kappa shape index (κ3) is 2.42. The van der Waals surface area contributed by atoms with Gasteiger partial charge in [-0.3, -0.25) is 19.7 Å². The highest BCUT2D eigenvalue weighted by Crippen LogP contribution is 2.35. The normalized spacial score (nSPS) is 21.4. The molecule has 4 rings (SSSR count). The van der Waals surface area contributed by atoms with Crippen molar-refractivity contribution in [2.24, 2.45) is 11.1 Å². The van der Waals surface area contributed by atoms with Crippen LogP contribution in [0.3, 0.4) is 0 Å². The number of nitro benzene ring substituents is 1. The van der Waals surface area contributed by atoms with Gasteiger partial charge < -0.3 is 4.84 Å². The van der Waals surface area contributed by atoms with Crippen molar-refractivity contribution in [2.45, 2.75) is 6.10 Å². The predicted molar refractivity (Wildman–Crippen MR) is 91.9 cm³/mol. The molecule has 8 nitrogen and oxygen atoms in total. The number of nitrogens with zero attached hydrogens (tertiary/aromatic N) is 3. The minimum absolute atomic E-state index is 0.139. The number of fused-ring (bicyclic) bond motifs is 1. The predicted octanol–water partition coefficient (Wildman–Crippen LogP) is 2.54. The zero-order valence-electron chi connectivity index (χ0n) is 13.0. The molecule has 0 unspecified atom stereocenters. The number of oxime groups is 1. The van der Waals surface area contributed by atoms with Crippen molar-refractivity contribution >= 4 is 40.5 Å². The molecule has 2 atom stereocenters. The van der Waals surface area contributed by atoms with Crippen LogP contribution in [-0.2, 0) is 14.4 Å². The van der Waals surface area contributed by atoms with E-state index in [4.69, 9.17) is 16.4 Å². The average molecular weight is 372 g/mol. The van der Waals surface area contributed by atoms with Crippen LogP contribution in [-0.4, -0.2) is 28.6 Å². The highest BCUT2D eigenvalue weighted by atomic mass is 35.5. The van der Waals surface area contributed by atoms with Crippen LogP contribution in [0.5, 0.6) is 0 Å². The fourth-order valence-electron chi connectivity index (χ4n) is 3.04. The molecule has 0 N–H and O–H groups in total. The Morgan fingerprint density at radius 1 is 1.12 bits per heavy atom. The minimum atomic E-state index is -1.08. The quantitative estimate of drug-likeness (QED) is 0.468. The lowest BCUT2D eigenvalue weighted by Gasteiger charge is -2.15. The summed E-state index contributed by atoms with van der Waals surface area (Å²) in [6.45, 7) is 0. The van der Waals surface area contributed by atoms with E-state index in [-0.39, 0.29) is 11.4 Å². The first kappa shape index (κ1) is 16.2. The molecular formula is C17H10ClN3O5. The molecule has 0 bridgehead atoms. The van der Waals surface area contributed by atoms with Crippen molar-refractivity contribution in [3.05, 3.63) is 69.2 Å². The van der Waals surface area contributed by atoms with Crippen molar-refractivity contribution in [3.63, 3.8) is 0 Å². The topological polar surface area (TPSA) is 102 Å². The van der Waals surface area contributed by atoms with Gasteiger partial charge >= 0.3 is 0 Å². The van der Waals surface area contributed by atoms with Gasteiger partial charge in [0.1, 0.15) is 11.6 Å². The van der Waals surface area contributed by atoms with E-state index in [1.54, 1.807) is 30.3 Å². The van der Waals surface area contributed by atoms with Crippen LogP contribution in [0.1, 0.15) is 5.56 Å². The maximum Gasteiger partial charge on any atom is 0.278 e. The summed E-state index contributed by atoms with van der Waals surface area (Å²) in [6, 6.07) is 12.0. The van der Waals surface area contributed by atoms with E-state index in [0.29, 0.717) is 16.3 Å². The minimum Gasteiger partial charge on any atom is -0.381 e. The Labute approximate surface area is 151 Å². The molecule has 130 valence electrons. The zero-order valence-corrected chi connectivity index (χ0v) is 13.8. The van der Waals surface area contributed by atoms with Gasteiger partial charge in [0.25, 0.3) is 11.6 Å². The first-order valence-corrected chi connectivity index (χ1v) is 7.97. The second kappa shape index (κ2) is 5.92. The van der Waals surface area contributed by atoms with Gasteiger partial charge in [-0.1, -0.05) is 28.9 Å². The molecule has 2 aliphatic heterocycles. The van der Waals surface area contributed by atoms with Crippen LogP contribution in [0.4, 0.5) is 11.4 Å². The first-order chi connectivity index (χ1) is 12.5. The lowest BCUT2D eigenvalue weighted by molar-refractivity contribution is -0.384. The summed E-state index contributed by atoms with van der Waals surface area (Å²) in [7, 11) is 0. The summed E-state index contributed by atoms with van der Waals surface area (Å²) in [5.74, 6) is -1.98. The first-order valence-electron chi connectivity index (χ1n) is 7.59. The Bertz CT molecular complexity index is 973. The Kier molecular flexibility index (Phi) is 3.69. The van der Waals surface area contributed by atoms with E-state index in [0.717, 1.165) is 4.90 Å². The number of hydrogen-bond donors (Lipinski definition) is 0. The van der Waals surface area contributed by atoms with Crippen molar-refractivity contribution in [1.82, 2.24) is 0 Å². The highest BCUT2D eigenvalue weighted by molar-refractivity contribution is 6.33. The molecule has 0 aromatic heterocycles. The molecule has 2 aromatic carbocycles. The van der Waals surface area contributed by atoms with Crippen LogP contribution in [0.25, 0.3) is 0 Å². The fourth-order valence-corrected chi connectivity index (χ4v) is 3.17. The molecule has 0 spiro atoms. The van der Waals surface area contributed by atoms with E-state index >= 15 is 0 Å². The van der Waals surface area contributed by atoms with E-state index < -0.39 is 28.8 Å². The standard InChI is InChI=1S/C17H10ClN3O5/c18-10-4-6-11(7-5-10)20-16(22)13-14(19-26-15(13)17(20)23)9-2-1-3-12(8-9)21(24)25/h1-8,13,15H/t13-,15+/m1/s1. The summed E-state index contributed by atoms with van der Waals surface area (Å²) in [5.41, 5.74) is 0.806. The fraction of sp³-hybridized carbons (Fsp3) is 0.118. The molecule has 0 saturated carbocycles. The maximum atomic E-state index is 12.9. The Balaban J connectivity index is 1.70. The summed E-state index contributed by atoms with van der Waals surface area (Å²) in [4.78, 5) is 42.1. The molecule has 2 heterocycles. The molecule has 0 radical (unpaired) electrons. The summed E-state index contributed by atoms with van der Waals surface area (Å²) in [6.07, 6.45) is -1.08. The number of rotatable bonds is 3. The van der Waals surface area contributed by atoms with Gasteiger partial charge in [0.2, 0.25) is 12.0 Å². The van der Waals surface area contributed by atoms with Crippen molar-refractivity contribution in [2.75, 3.05) is 4.90 Å². The zero-order chi connectivity index (χ0) is 18.4.